The molecule has 1 aromatic carbocycles. The maximum atomic E-state index is 12.0. The van der Waals surface area contributed by atoms with E-state index in [9.17, 15) is 18.0 Å². The summed E-state index contributed by atoms with van der Waals surface area (Å²) in [4.78, 5) is 10.7. The van der Waals surface area contributed by atoms with Crippen LogP contribution in [0.5, 0.6) is 5.75 Å². The standard InChI is InChI=1S/C9H3BrF3NO3/c10-4-1-5(8(15)16)6(3-14)7(2-4)17-9(11,12)13/h1-2H,(H,15,16). The van der Waals surface area contributed by atoms with Crippen LogP contribution in [0.2, 0.25) is 0 Å². The topological polar surface area (TPSA) is 70.3 Å². The van der Waals surface area contributed by atoms with Crippen molar-refractivity contribution in [2.75, 3.05) is 0 Å². The molecule has 0 aliphatic heterocycles. The summed E-state index contributed by atoms with van der Waals surface area (Å²) in [7, 11) is 0. The Hall–Kier alpha value is -1.75. The van der Waals surface area contributed by atoms with Crippen molar-refractivity contribution in [3.05, 3.63) is 27.7 Å². The van der Waals surface area contributed by atoms with Gasteiger partial charge in [0.1, 0.15) is 17.4 Å². The number of carboxylic acids is 1. The molecule has 0 aliphatic rings. The Morgan fingerprint density at radius 3 is 2.47 bits per heavy atom. The van der Waals surface area contributed by atoms with E-state index in [0.29, 0.717) is 0 Å². The molecule has 0 heterocycles. The molecule has 0 bridgehead atoms. The van der Waals surface area contributed by atoms with Crippen molar-refractivity contribution in [2.24, 2.45) is 0 Å². The number of rotatable bonds is 2. The molecule has 0 saturated heterocycles. The third-order valence-electron chi connectivity index (χ3n) is 1.63. The van der Waals surface area contributed by atoms with Crippen LogP contribution in [0.3, 0.4) is 0 Å². The van der Waals surface area contributed by atoms with E-state index in [2.05, 4.69) is 20.7 Å². The maximum Gasteiger partial charge on any atom is 0.573 e. The molecule has 1 aromatic rings. The van der Waals surface area contributed by atoms with Crippen LogP contribution in [0.1, 0.15) is 15.9 Å². The van der Waals surface area contributed by atoms with Gasteiger partial charge in [0.05, 0.1) is 5.56 Å². The highest BCUT2D eigenvalue weighted by Gasteiger charge is 2.33. The highest BCUT2D eigenvalue weighted by molar-refractivity contribution is 9.10. The molecule has 0 amide bonds. The van der Waals surface area contributed by atoms with Crippen molar-refractivity contribution < 1.29 is 27.8 Å². The lowest BCUT2D eigenvalue weighted by atomic mass is 10.1. The second-order valence-corrected chi connectivity index (χ2v) is 3.71. The van der Waals surface area contributed by atoms with Gasteiger partial charge >= 0.3 is 12.3 Å². The molecule has 90 valence electrons. The molecule has 0 unspecified atom stereocenters. The van der Waals surface area contributed by atoms with E-state index in [1.807, 2.05) is 0 Å². The highest BCUT2D eigenvalue weighted by atomic mass is 79.9. The van der Waals surface area contributed by atoms with E-state index in [1.54, 1.807) is 0 Å². The molecule has 0 saturated carbocycles. The quantitative estimate of drug-likeness (QED) is 0.912. The molecule has 1 N–H and O–H groups in total. The van der Waals surface area contributed by atoms with E-state index in [4.69, 9.17) is 10.4 Å². The second-order valence-electron chi connectivity index (χ2n) is 2.79. The number of benzene rings is 1. The van der Waals surface area contributed by atoms with Gasteiger partial charge in [0.25, 0.3) is 0 Å². The Bertz CT molecular complexity index is 507. The van der Waals surface area contributed by atoms with Crippen LogP contribution in [0.4, 0.5) is 13.2 Å². The van der Waals surface area contributed by atoms with Crippen molar-refractivity contribution in [3.8, 4) is 11.8 Å². The first-order chi connectivity index (χ1) is 7.74. The van der Waals surface area contributed by atoms with Crippen molar-refractivity contribution in [1.29, 1.82) is 5.26 Å². The van der Waals surface area contributed by atoms with E-state index in [-0.39, 0.29) is 4.47 Å². The molecule has 0 spiro atoms. The molecular weight excluding hydrogens is 307 g/mol. The van der Waals surface area contributed by atoms with Gasteiger partial charge in [-0.15, -0.1) is 13.2 Å². The van der Waals surface area contributed by atoms with Gasteiger partial charge in [-0.1, -0.05) is 15.9 Å². The number of alkyl halides is 3. The van der Waals surface area contributed by atoms with Crippen molar-refractivity contribution in [1.82, 2.24) is 0 Å². The van der Waals surface area contributed by atoms with Gasteiger partial charge in [0.2, 0.25) is 0 Å². The maximum absolute atomic E-state index is 12.0. The zero-order valence-corrected chi connectivity index (χ0v) is 9.46. The first-order valence-electron chi connectivity index (χ1n) is 3.97. The number of nitrogens with zero attached hydrogens (tertiary/aromatic N) is 1. The lowest BCUT2D eigenvalue weighted by Crippen LogP contribution is -2.18. The third kappa shape index (κ3) is 3.35. The summed E-state index contributed by atoms with van der Waals surface area (Å²) in [6.45, 7) is 0. The Morgan fingerprint density at radius 1 is 1.47 bits per heavy atom. The Balaban J connectivity index is 3.40. The number of ether oxygens (including phenoxy) is 1. The van der Waals surface area contributed by atoms with E-state index < -0.39 is 29.2 Å². The van der Waals surface area contributed by atoms with Gasteiger partial charge in [-0.25, -0.2) is 4.79 Å². The fraction of sp³-hybridized carbons (Fsp3) is 0.111. The average Bonchev–Trinajstić information content (AvgIpc) is 2.14. The second kappa shape index (κ2) is 4.63. The number of halogens is 4. The number of aromatic carboxylic acids is 1. The number of hydrogen-bond donors (Lipinski definition) is 1. The average molecular weight is 310 g/mol. The van der Waals surface area contributed by atoms with Crippen LogP contribution in [-0.2, 0) is 0 Å². The van der Waals surface area contributed by atoms with Crippen LogP contribution in [0, 0.1) is 11.3 Å². The van der Waals surface area contributed by atoms with Crippen LogP contribution in [-0.4, -0.2) is 17.4 Å². The van der Waals surface area contributed by atoms with Gasteiger partial charge in [-0.2, -0.15) is 5.26 Å². The predicted octanol–water partition coefficient (Wildman–Crippen LogP) is 2.92. The third-order valence-corrected chi connectivity index (χ3v) is 2.09. The number of nitriles is 1. The zero-order valence-electron chi connectivity index (χ0n) is 7.88. The van der Waals surface area contributed by atoms with E-state index in [0.717, 1.165) is 12.1 Å². The molecule has 0 aliphatic carbocycles. The Kier molecular flexibility index (Phi) is 3.63. The monoisotopic (exact) mass is 309 g/mol. The van der Waals surface area contributed by atoms with E-state index >= 15 is 0 Å². The van der Waals surface area contributed by atoms with Gasteiger partial charge in [-0.05, 0) is 12.1 Å². The summed E-state index contributed by atoms with van der Waals surface area (Å²) in [6, 6.07) is 3.26. The summed E-state index contributed by atoms with van der Waals surface area (Å²) < 4.78 is 39.7. The van der Waals surface area contributed by atoms with Crippen LogP contribution in [0.25, 0.3) is 0 Å². The first kappa shape index (κ1) is 13.3. The lowest BCUT2D eigenvalue weighted by molar-refractivity contribution is -0.274. The van der Waals surface area contributed by atoms with Crippen LogP contribution < -0.4 is 4.74 Å². The molecule has 8 heteroatoms. The van der Waals surface area contributed by atoms with Crippen LogP contribution in [0.15, 0.2) is 16.6 Å². The zero-order chi connectivity index (χ0) is 13.2. The smallest absolute Gasteiger partial charge is 0.478 e. The minimum absolute atomic E-state index is 0.0631. The fourth-order valence-corrected chi connectivity index (χ4v) is 1.51. The largest absolute Gasteiger partial charge is 0.573 e. The summed E-state index contributed by atoms with van der Waals surface area (Å²) >= 11 is 2.83. The molecule has 0 aromatic heterocycles. The first-order valence-corrected chi connectivity index (χ1v) is 4.76. The summed E-state index contributed by atoms with van der Waals surface area (Å²) in [5.74, 6) is -2.37. The minimum Gasteiger partial charge on any atom is -0.478 e. The molecule has 0 fully saturated rings. The lowest BCUT2D eigenvalue weighted by Gasteiger charge is -2.11. The van der Waals surface area contributed by atoms with E-state index in [1.165, 1.54) is 6.07 Å². The van der Waals surface area contributed by atoms with Gasteiger partial charge in [-0.3, -0.25) is 0 Å². The summed E-state index contributed by atoms with van der Waals surface area (Å²) in [5.41, 5.74) is -1.25. The SMILES string of the molecule is N#Cc1c(OC(F)(F)F)cc(Br)cc1C(=O)O. The fourth-order valence-electron chi connectivity index (χ4n) is 1.07. The number of carbonyl (C=O) groups is 1. The number of hydrogen-bond acceptors (Lipinski definition) is 3. The van der Waals surface area contributed by atoms with Crippen molar-refractivity contribution >= 4 is 21.9 Å². The van der Waals surface area contributed by atoms with Gasteiger partial charge in [0, 0.05) is 4.47 Å². The summed E-state index contributed by atoms with van der Waals surface area (Å²) in [6.07, 6.45) is -5.00. The molecular formula is C9H3BrF3NO3. The van der Waals surface area contributed by atoms with Gasteiger partial charge in [0.15, 0.2) is 0 Å². The molecule has 4 nitrogen and oxygen atoms in total. The summed E-state index contributed by atoms with van der Waals surface area (Å²) in [5, 5.41) is 17.4. The predicted molar refractivity (Wildman–Crippen MR) is 52.5 cm³/mol. The molecule has 0 radical (unpaired) electrons. The molecule has 1 rings (SSSR count). The Morgan fingerprint density at radius 2 is 2.06 bits per heavy atom. The number of carboxylic acid groups (broad SMARTS) is 1. The van der Waals surface area contributed by atoms with Crippen molar-refractivity contribution in [3.63, 3.8) is 0 Å². The normalized spacial score (nSPS) is 10.8. The highest BCUT2D eigenvalue weighted by Crippen LogP contribution is 2.31. The minimum atomic E-state index is -5.00. The van der Waals surface area contributed by atoms with Gasteiger partial charge < -0.3 is 9.84 Å². The Labute approximate surface area is 101 Å². The molecule has 0 atom stereocenters. The van der Waals surface area contributed by atoms with Crippen LogP contribution >= 0.6 is 15.9 Å². The molecule has 17 heavy (non-hydrogen) atoms. The van der Waals surface area contributed by atoms with Crippen molar-refractivity contribution in [2.45, 2.75) is 6.36 Å².